The fourth-order valence-electron chi connectivity index (χ4n) is 3.63. The predicted molar refractivity (Wildman–Crippen MR) is 122 cm³/mol. The second-order valence-electron chi connectivity index (χ2n) is 7.74. The molecule has 1 amide bonds. The molecular weight excluding hydrogens is 490 g/mol. The number of fused-ring (bicyclic) bond motifs is 1. The van der Waals surface area contributed by atoms with Gasteiger partial charge in [-0.05, 0) is 48.9 Å². The third-order valence-corrected chi connectivity index (χ3v) is 7.96. The second kappa shape index (κ2) is 9.24. The quantitative estimate of drug-likeness (QED) is 0.497. The lowest BCUT2D eigenvalue weighted by molar-refractivity contribution is -0.113. The van der Waals surface area contributed by atoms with Gasteiger partial charge >= 0.3 is 11.2 Å². The van der Waals surface area contributed by atoms with Crippen molar-refractivity contribution in [2.45, 2.75) is 31.4 Å². The molecule has 33 heavy (non-hydrogen) atoms. The van der Waals surface area contributed by atoms with E-state index in [-0.39, 0.29) is 16.5 Å². The van der Waals surface area contributed by atoms with E-state index in [1.165, 1.54) is 18.4 Å². The van der Waals surface area contributed by atoms with Crippen LogP contribution in [0.4, 0.5) is 5.00 Å². The molecule has 1 N–H and O–H groups in total. The van der Waals surface area contributed by atoms with Gasteiger partial charge in [0.2, 0.25) is 21.6 Å². The zero-order chi connectivity index (χ0) is 23.8. The lowest BCUT2D eigenvalue weighted by Crippen LogP contribution is -2.24. The van der Waals surface area contributed by atoms with Crippen molar-refractivity contribution in [1.82, 2.24) is 10.2 Å². The smallest absolute Gasteiger partial charge is 0.341 e. The summed E-state index contributed by atoms with van der Waals surface area (Å²) < 4.78 is 35.5. The zero-order valence-electron chi connectivity index (χ0n) is 17.8. The minimum absolute atomic E-state index is 0.0375. The molecule has 1 aliphatic carbocycles. The van der Waals surface area contributed by atoms with Gasteiger partial charge in [0.1, 0.15) is 10.8 Å². The molecule has 0 radical (unpaired) electrons. The molecule has 2 aromatic heterocycles. The highest BCUT2D eigenvalue weighted by atomic mass is 35.5. The van der Waals surface area contributed by atoms with Gasteiger partial charge in [-0.25, -0.2) is 13.2 Å². The number of carbonyl (C=O) groups is 2. The number of ether oxygens (including phenoxy) is 1. The number of aromatic nitrogens is 2. The van der Waals surface area contributed by atoms with Gasteiger partial charge in [0.25, 0.3) is 0 Å². The Kier molecular flexibility index (Phi) is 6.55. The summed E-state index contributed by atoms with van der Waals surface area (Å²) >= 11 is 7.21. The van der Waals surface area contributed by atoms with Crippen LogP contribution in [0.3, 0.4) is 0 Å². The number of benzene rings is 1. The van der Waals surface area contributed by atoms with E-state index in [9.17, 15) is 18.0 Å². The van der Waals surface area contributed by atoms with Crippen LogP contribution in [0.1, 0.15) is 34.1 Å². The van der Waals surface area contributed by atoms with Crippen LogP contribution in [0.5, 0.6) is 0 Å². The Bertz CT molecular complexity index is 1330. The van der Waals surface area contributed by atoms with Crippen LogP contribution in [0.2, 0.25) is 5.02 Å². The second-order valence-corrected chi connectivity index (χ2v) is 11.1. The van der Waals surface area contributed by atoms with Crippen molar-refractivity contribution in [3.8, 4) is 11.5 Å². The first-order valence-electron chi connectivity index (χ1n) is 10.0. The standard InChI is InChI=1S/C21H20ClN3O6S2/c1-11-6-7-14-15(8-11)32-19(17(14)20(27)30-2)23-16(26)10-33(28,29)21-25-24-18(31-21)12-4-3-5-13(22)9-12/h3-5,9,11H,6-8,10H2,1-2H3,(H,23,26). The van der Waals surface area contributed by atoms with Crippen molar-refractivity contribution in [3.63, 3.8) is 0 Å². The van der Waals surface area contributed by atoms with E-state index in [0.29, 0.717) is 22.9 Å². The van der Waals surface area contributed by atoms with E-state index in [1.54, 1.807) is 24.3 Å². The third-order valence-electron chi connectivity index (χ3n) is 5.22. The van der Waals surface area contributed by atoms with Crippen molar-refractivity contribution < 1.29 is 27.2 Å². The van der Waals surface area contributed by atoms with Gasteiger partial charge in [0, 0.05) is 15.5 Å². The van der Waals surface area contributed by atoms with E-state index in [1.807, 2.05) is 0 Å². The van der Waals surface area contributed by atoms with Crippen LogP contribution in [-0.4, -0.2) is 43.4 Å². The predicted octanol–water partition coefficient (Wildman–Crippen LogP) is 3.78. The summed E-state index contributed by atoms with van der Waals surface area (Å²) in [5.74, 6) is -1.90. The minimum Gasteiger partial charge on any atom is -0.465 e. The molecular formula is C21H20ClN3O6S2. The molecule has 1 aromatic carbocycles. The summed E-state index contributed by atoms with van der Waals surface area (Å²) in [5, 5.41) is 9.90. The van der Waals surface area contributed by atoms with Crippen molar-refractivity contribution in [1.29, 1.82) is 0 Å². The Morgan fingerprint density at radius 2 is 2.12 bits per heavy atom. The summed E-state index contributed by atoms with van der Waals surface area (Å²) in [5.41, 5.74) is 1.59. The Labute approximate surface area is 199 Å². The van der Waals surface area contributed by atoms with Crippen LogP contribution in [-0.2, 0) is 32.2 Å². The van der Waals surface area contributed by atoms with Gasteiger partial charge < -0.3 is 14.5 Å². The van der Waals surface area contributed by atoms with Crippen LogP contribution in [0.15, 0.2) is 33.9 Å². The molecule has 1 atom stereocenters. The number of anilines is 1. The summed E-state index contributed by atoms with van der Waals surface area (Å²) in [7, 11) is -2.96. The topological polar surface area (TPSA) is 128 Å². The van der Waals surface area contributed by atoms with Gasteiger partial charge in [-0.2, -0.15) is 0 Å². The number of methoxy groups -OCH3 is 1. The minimum atomic E-state index is -4.22. The monoisotopic (exact) mass is 509 g/mol. The van der Waals surface area contributed by atoms with Gasteiger partial charge in [-0.1, -0.05) is 29.7 Å². The number of carbonyl (C=O) groups excluding carboxylic acids is 2. The number of thiophene rings is 1. The molecule has 4 rings (SSSR count). The van der Waals surface area contributed by atoms with Gasteiger partial charge in [-0.15, -0.1) is 16.4 Å². The summed E-state index contributed by atoms with van der Waals surface area (Å²) in [6, 6.07) is 6.49. The summed E-state index contributed by atoms with van der Waals surface area (Å²) in [6.07, 6.45) is 2.40. The molecule has 2 heterocycles. The highest BCUT2D eigenvalue weighted by molar-refractivity contribution is 7.91. The van der Waals surface area contributed by atoms with Crippen LogP contribution < -0.4 is 5.32 Å². The lowest BCUT2D eigenvalue weighted by Gasteiger charge is -2.18. The largest absolute Gasteiger partial charge is 0.465 e. The number of nitrogens with one attached hydrogen (secondary N) is 1. The average molecular weight is 510 g/mol. The van der Waals surface area contributed by atoms with Crippen molar-refractivity contribution >= 4 is 49.7 Å². The Balaban J connectivity index is 1.54. The molecule has 1 unspecified atom stereocenters. The fraction of sp³-hybridized carbons (Fsp3) is 0.333. The maximum atomic E-state index is 12.7. The summed E-state index contributed by atoms with van der Waals surface area (Å²) in [6.45, 7) is 2.12. The number of halogens is 1. The Morgan fingerprint density at radius 1 is 1.33 bits per heavy atom. The molecule has 0 fully saturated rings. The third kappa shape index (κ3) is 4.94. The molecule has 3 aromatic rings. The first-order chi connectivity index (χ1) is 15.7. The molecule has 174 valence electrons. The molecule has 0 aliphatic heterocycles. The van der Waals surface area contributed by atoms with Crippen LogP contribution >= 0.6 is 22.9 Å². The number of rotatable bonds is 6. The fourth-order valence-corrected chi connectivity index (χ4v) is 6.14. The maximum absolute atomic E-state index is 12.7. The molecule has 0 bridgehead atoms. The maximum Gasteiger partial charge on any atom is 0.341 e. The van der Waals surface area contributed by atoms with Gasteiger partial charge in [0.05, 0.1) is 12.7 Å². The van der Waals surface area contributed by atoms with Crippen LogP contribution in [0, 0.1) is 5.92 Å². The molecule has 1 aliphatic rings. The lowest BCUT2D eigenvalue weighted by atomic mass is 9.88. The van der Waals surface area contributed by atoms with Gasteiger partial charge in [0.15, 0.2) is 0 Å². The number of nitrogens with zero attached hydrogens (tertiary/aromatic N) is 2. The Hall–Kier alpha value is -2.76. The average Bonchev–Trinajstić information content (AvgIpc) is 3.38. The SMILES string of the molecule is COC(=O)c1c(NC(=O)CS(=O)(=O)c2nnc(-c3cccc(Cl)c3)o2)sc2c1CCC(C)C2. The number of esters is 1. The van der Waals surface area contributed by atoms with E-state index in [4.69, 9.17) is 20.8 Å². The number of hydrogen-bond donors (Lipinski definition) is 1. The van der Waals surface area contributed by atoms with Crippen molar-refractivity contribution in [2.24, 2.45) is 5.92 Å². The molecule has 9 nitrogen and oxygen atoms in total. The summed E-state index contributed by atoms with van der Waals surface area (Å²) in [4.78, 5) is 26.0. The number of hydrogen-bond acceptors (Lipinski definition) is 9. The first kappa shape index (κ1) is 23.4. The molecule has 0 saturated heterocycles. The van der Waals surface area contributed by atoms with Gasteiger partial charge in [-0.3, -0.25) is 4.79 Å². The normalized spacial score (nSPS) is 15.7. The Morgan fingerprint density at radius 3 is 2.85 bits per heavy atom. The number of amides is 1. The highest BCUT2D eigenvalue weighted by Gasteiger charge is 2.31. The molecule has 0 saturated carbocycles. The van der Waals surface area contributed by atoms with Crippen molar-refractivity contribution in [2.75, 3.05) is 18.2 Å². The molecule has 0 spiro atoms. The highest BCUT2D eigenvalue weighted by Crippen LogP contribution is 2.40. The first-order valence-corrected chi connectivity index (χ1v) is 12.9. The van der Waals surface area contributed by atoms with Crippen LogP contribution in [0.25, 0.3) is 11.5 Å². The van der Waals surface area contributed by atoms with Crippen molar-refractivity contribution in [3.05, 3.63) is 45.3 Å². The van der Waals surface area contributed by atoms with E-state index < -0.39 is 32.7 Å². The van der Waals surface area contributed by atoms with E-state index in [0.717, 1.165) is 23.3 Å². The number of sulfone groups is 1. The molecule has 12 heteroatoms. The van der Waals surface area contributed by atoms with E-state index in [2.05, 4.69) is 22.4 Å². The zero-order valence-corrected chi connectivity index (χ0v) is 20.1. The van der Waals surface area contributed by atoms with E-state index >= 15 is 0 Å².